The van der Waals surface area contributed by atoms with Crippen molar-refractivity contribution in [3.05, 3.63) is 34.1 Å². The average Bonchev–Trinajstić information content (AvgIpc) is 2.37. The fourth-order valence-electron chi connectivity index (χ4n) is 2.83. The highest BCUT2D eigenvalue weighted by Gasteiger charge is 2.28. The first kappa shape index (κ1) is 14.0. The maximum Gasteiger partial charge on any atom is 0.128 e. The fourth-order valence-corrected chi connectivity index (χ4v) is 3.21. The van der Waals surface area contributed by atoms with E-state index < -0.39 is 0 Å². The van der Waals surface area contributed by atoms with Gasteiger partial charge in [-0.05, 0) is 56.8 Å². The van der Waals surface area contributed by atoms with Gasteiger partial charge in [0.05, 0.1) is 6.10 Å². The third-order valence-electron chi connectivity index (χ3n) is 3.82. The highest BCUT2D eigenvalue weighted by Crippen LogP contribution is 2.36. The summed E-state index contributed by atoms with van der Waals surface area (Å²) < 4.78 is 14.8. The summed E-state index contributed by atoms with van der Waals surface area (Å²) in [5.74, 6) is 0.228. The summed E-state index contributed by atoms with van der Waals surface area (Å²) in [6.45, 7) is 0. The van der Waals surface area contributed by atoms with Crippen LogP contribution in [0.4, 0.5) is 4.39 Å². The van der Waals surface area contributed by atoms with Crippen LogP contribution in [0.5, 0.6) is 0 Å². The number of aliphatic hydroxyl groups is 1. The first-order valence-electron chi connectivity index (χ1n) is 6.42. The molecule has 1 aromatic carbocycles. The second-order valence-electron chi connectivity index (χ2n) is 5.00. The molecule has 0 aliphatic heterocycles. The molecule has 100 valence electrons. The van der Waals surface area contributed by atoms with Crippen LogP contribution in [0.15, 0.2) is 22.7 Å². The standard InChI is InChI=1S/C14H19BrFNO/c1-17-14(9-2-5-11(18)6-3-9)12-8-10(15)4-7-13(12)16/h4,7-9,11,14,17-18H,2-3,5-6H2,1H3. The van der Waals surface area contributed by atoms with Gasteiger partial charge in [0.15, 0.2) is 0 Å². The molecule has 0 aromatic heterocycles. The van der Waals surface area contributed by atoms with Gasteiger partial charge < -0.3 is 10.4 Å². The van der Waals surface area contributed by atoms with Gasteiger partial charge in [-0.1, -0.05) is 15.9 Å². The monoisotopic (exact) mass is 315 g/mol. The van der Waals surface area contributed by atoms with Crippen LogP contribution in [0.25, 0.3) is 0 Å². The van der Waals surface area contributed by atoms with Gasteiger partial charge in [-0.3, -0.25) is 0 Å². The van der Waals surface area contributed by atoms with Crippen molar-refractivity contribution >= 4 is 15.9 Å². The number of hydrogen-bond acceptors (Lipinski definition) is 2. The Morgan fingerprint density at radius 2 is 2.00 bits per heavy atom. The summed E-state index contributed by atoms with van der Waals surface area (Å²) in [4.78, 5) is 0. The van der Waals surface area contributed by atoms with Crippen molar-refractivity contribution in [2.45, 2.75) is 37.8 Å². The topological polar surface area (TPSA) is 32.3 Å². The van der Waals surface area contributed by atoms with Crippen LogP contribution in [0.2, 0.25) is 0 Å². The number of nitrogens with one attached hydrogen (secondary N) is 1. The Balaban J connectivity index is 2.19. The van der Waals surface area contributed by atoms with Gasteiger partial charge in [0.25, 0.3) is 0 Å². The Bertz CT molecular complexity index is 405. The first-order chi connectivity index (χ1) is 8.61. The van der Waals surface area contributed by atoms with E-state index in [4.69, 9.17) is 0 Å². The lowest BCUT2D eigenvalue weighted by Gasteiger charge is -2.32. The molecule has 1 unspecified atom stereocenters. The van der Waals surface area contributed by atoms with E-state index in [1.807, 2.05) is 13.1 Å². The summed E-state index contributed by atoms with van der Waals surface area (Å²) in [6.07, 6.45) is 3.35. The lowest BCUT2D eigenvalue weighted by Crippen LogP contribution is -2.30. The lowest BCUT2D eigenvalue weighted by molar-refractivity contribution is 0.0977. The highest BCUT2D eigenvalue weighted by atomic mass is 79.9. The maximum atomic E-state index is 13.9. The molecule has 0 amide bonds. The second-order valence-corrected chi connectivity index (χ2v) is 5.92. The van der Waals surface area contributed by atoms with Crippen LogP contribution >= 0.6 is 15.9 Å². The molecule has 0 heterocycles. The molecule has 1 atom stereocenters. The van der Waals surface area contributed by atoms with Crippen LogP contribution < -0.4 is 5.32 Å². The molecule has 2 nitrogen and oxygen atoms in total. The molecule has 4 heteroatoms. The van der Waals surface area contributed by atoms with Gasteiger partial charge >= 0.3 is 0 Å². The zero-order valence-corrected chi connectivity index (χ0v) is 12.1. The number of hydrogen-bond donors (Lipinski definition) is 2. The van der Waals surface area contributed by atoms with Crippen LogP contribution in [0.3, 0.4) is 0 Å². The molecular formula is C14H19BrFNO. The van der Waals surface area contributed by atoms with Crippen molar-refractivity contribution in [2.75, 3.05) is 7.05 Å². The van der Waals surface area contributed by atoms with Crippen molar-refractivity contribution in [1.29, 1.82) is 0 Å². The number of aliphatic hydroxyl groups excluding tert-OH is 1. The van der Waals surface area contributed by atoms with E-state index in [2.05, 4.69) is 21.2 Å². The van der Waals surface area contributed by atoms with E-state index in [0.29, 0.717) is 11.5 Å². The van der Waals surface area contributed by atoms with Gasteiger partial charge in [0, 0.05) is 16.1 Å². The van der Waals surface area contributed by atoms with Crippen molar-refractivity contribution in [2.24, 2.45) is 5.92 Å². The summed E-state index contributed by atoms with van der Waals surface area (Å²) in [6, 6.07) is 5.09. The molecule has 0 bridgehead atoms. The van der Waals surface area contributed by atoms with Gasteiger partial charge in [-0.2, -0.15) is 0 Å². The SMILES string of the molecule is CNC(c1cc(Br)ccc1F)C1CCC(O)CC1. The van der Waals surface area contributed by atoms with Gasteiger partial charge in [0.2, 0.25) is 0 Å². The van der Waals surface area contributed by atoms with E-state index in [0.717, 1.165) is 30.2 Å². The van der Waals surface area contributed by atoms with Crippen molar-refractivity contribution < 1.29 is 9.50 Å². The largest absolute Gasteiger partial charge is 0.393 e. The maximum absolute atomic E-state index is 13.9. The normalized spacial score (nSPS) is 26.0. The molecule has 1 aromatic rings. The van der Waals surface area contributed by atoms with Crippen LogP contribution in [-0.2, 0) is 0 Å². The van der Waals surface area contributed by atoms with E-state index in [-0.39, 0.29) is 18.0 Å². The molecule has 18 heavy (non-hydrogen) atoms. The van der Waals surface area contributed by atoms with Gasteiger partial charge in [-0.15, -0.1) is 0 Å². The summed E-state index contributed by atoms with van der Waals surface area (Å²) in [5.41, 5.74) is 0.716. The molecule has 0 radical (unpaired) electrons. The van der Waals surface area contributed by atoms with Gasteiger partial charge in [0.1, 0.15) is 5.82 Å². The quantitative estimate of drug-likeness (QED) is 0.896. The Hall–Kier alpha value is -0.450. The molecule has 0 saturated heterocycles. The summed E-state index contributed by atoms with van der Waals surface area (Å²) in [7, 11) is 1.87. The minimum absolute atomic E-state index is 0.0231. The predicted octanol–water partition coefficient (Wildman–Crippen LogP) is 3.40. The van der Waals surface area contributed by atoms with Gasteiger partial charge in [-0.25, -0.2) is 4.39 Å². The summed E-state index contributed by atoms with van der Waals surface area (Å²) >= 11 is 3.39. The molecule has 2 N–H and O–H groups in total. The fraction of sp³-hybridized carbons (Fsp3) is 0.571. The second kappa shape index (κ2) is 6.13. The molecule has 2 rings (SSSR count). The minimum Gasteiger partial charge on any atom is -0.393 e. The Morgan fingerprint density at radius 3 is 2.61 bits per heavy atom. The predicted molar refractivity (Wildman–Crippen MR) is 73.9 cm³/mol. The van der Waals surface area contributed by atoms with Crippen LogP contribution in [-0.4, -0.2) is 18.3 Å². The van der Waals surface area contributed by atoms with E-state index in [1.165, 1.54) is 6.07 Å². The van der Waals surface area contributed by atoms with Crippen molar-refractivity contribution in [1.82, 2.24) is 5.32 Å². The lowest BCUT2D eigenvalue weighted by atomic mass is 9.80. The average molecular weight is 316 g/mol. The molecular weight excluding hydrogens is 297 g/mol. The number of halogens is 2. The minimum atomic E-state index is -0.175. The van der Waals surface area contributed by atoms with E-state index >= 15 is 0 Å². The van der Waals surface area contributed by atoms with Crippen molar-refractivity contribution in [3.8, 4) is 0 Å². The van der Waals surface area contributed by atoms with E-state index in [9.17, 15) is 9.50 Å². The van der Waals surface area contributed by atoms with Crippen molar-refractivity contribution in [3.63, 3.8) is 0 Å². The van der Waals surface area contributed by atoms with Crippen LogP contribution in [0, 0.1) is 11.7 Å². The number of rotatable bonds is 3. The molecule has 1 aliphatic rings. The molecule has 1 aliphatic carbocycles. The Morgan fingerprint density at radius 1 is 1.33 bits per heavy atom. The number of benzene rings is 1. The van der Waals surface area contributed by atoms with E-state index in [1.54, 1.807) is 6.07 Å². The zero-order chi connectivity index (χ0) is 13.1. The molecule has 1 fully saturated rings. The third kappa shape index (κ3) is 3.11. The first-order valence-corrected chi connectivity index (χ1v) is 7.21. The third-order valence-corrected chi connectivity index (χ3v) is 4.31. The Labute approximate surface area is 116 Å². The summed E-state index contributed by atoms with van der Waals surface area (Å²) in [5, 5.41) is 12.8. The Kier molecular flexibility index (Phi) is 4.76. The van der Waals surface area contributed by atoms with Crippen LogP contribution in [0.1, 0.15) is 37.3 Å². The zero-order valence-electron chi connectivity index (χ0n) is 10.5. The highest BCUT2D eigenvalue weighted by molar-refractivity contribution is 9.10. The smallest absolute Gasteiger partial charge is 0.128 e. The molecule has 0 spiro atoms. The molecule has 1 saturated carbocycles.